The number of benzene rings is 1. The highest BCUT2D eigenvalue weighted by Gasteiger charge is 1.99. The molecule has 14 heavy (non-hydrogen) atoms. The quantitative estimate of drug-likeness (QED) is 0.588. The molecule has 0 aliphatic carbocycles. The molecule has 4 heteroatoms. The molecule has 2 nitrogen and oxygen atoms in total. The SMILES string of the molecule is O=S(=O)(Cl)CC=CCc1ccccc1. The highest BCUT2D eigenvalue weighted by atomic mass is 35.7. The van der Waals surface area contributed by atoms with Crippen molar-refractivity contribution in [3.05, 3.63) is 48.0 Å². The van der Waals surface area contributed by atoms with Crippen LogP contribution in [-0.4, -0.2) is 14.2 Å². The van der Waals surface area contributed by atoms with Crippen molar-refractivity contribution < 1.29 is 8.42 Å². The second-order valence-electron chi connectivity index (χ2n) is 2.87. The van der Waals surface area contributed by atoms with Gasteiger partial charge < -0.3 is 0 Å². The Morgan fingerprint density at radius 2 is 1.79 bits per heavy atom. The molecule has 0 aliphatic rings. The third-order valence-electron chi connectivity index (χ3n) is 1.66. The van der Waals surface area contributed by atoms with Gasteiger partial charge in [-0.2, -0.15) is 0 Å². The number of hydrogen-bond donors (Lipinski definition) is 0. The minimum Gasteiger partial charge on any atom is -0.212 e. The summed E-state index contributed by atoms with van der Waals surface area (Å²) in [5.41, 5.74) is 1.15. The van der Waals surface area contributed by atoms with Crippen LogP contribution in [0.4, 0.5) is 0 Å². The molecule has 0 atom stereocenters. The Kier molecular flexibility index (Phi) is 4.17. The summed E-state index contributed by atoms with van der Waals surface area (Å²) in [5, 5.41) is 0. The zero-order valence-corrected chi connectivity index (χ0v) is 9.13. The molecular weight excluding hydrogens is 220 g/mol. The van der Waals surface area contributed by atoms with Crippen LogP contribution in [0.2, 0.25) is 0 Å². The fourth-order valence-electron chi connectivity index (χ4n) is 1.02. The summed E-state index contributed by atoms with van der Waals surface area (Å²) in [6, 6.07) is 9.80. The predicted octanol–water partition coefficient (Wildman–Crippen LogP) is 2.35. The fourth-order valence-corrected chi connectivity index (χ4v) is 1.60. The van der Waals surface area contributed by atoms with E-state index in [1.54, 1.807) is 12.2 Å². The van der Waals surface area contributed by atoms with Crippen LogP contribution in [0.15, 0.2) is 42.5 Å². The molecule has 1 aromatic rings. The Hall–Kier alpha value is -0.800. The summed E-state index contributed by atoms with van der Waals surface area (Å²) < 4.78 is 21.1. The normalized spacial score (nSPS) is 12.1. The molecule has 0 amide bonds. The van der Waals surface area contributed by atoms with Crippen LogP contribution in [-0.2, 0) is 15.5 Å². The molecule has 0 saturated carbocycles. The molecule has 0 fully saturated rings. The van der Waals surface area contributed by atoms with Gasteiger partial charge in [-0.15, -0.1) is 0 Å². The van der Waals surface area contributed by atoms with Crippen molar-refractivity contribution in [2.24, 2.45) is 0 Å². The van der Waals surface area contributed by atoms with Crippen molar-refractivity contribution in [1.29, 1.82) is 0 Å². The predicted molar refractivity (Wildman–Crippen MR) is 58.9 cm³/mol. The van der Waals surface area contributed by atoms with Crippen molar-refractivity contribution >= 4 is 19.7 Å². The second kappa shape index (κ2) is 5.17. The van der Waals surface area contributed by atoms with E-state index < -0.39 is 9.05 Å². The lowest BCUT2D eigenvalue weighted by atomic mass is 10.1. The molecular formula is C10H11ClO2S. The maximum atomic E-state index is 10.6. The smallest absolute Gasteiger partial charge is 0.212 e. The van der Waals surface area contributed by atoms with Gasteiger partial charge in [0.15, 0.2) is 0 Å². The van der Waals surface area contributed by atoms with E-state index in [2.05, 4.69) is 0 Å². The van der Waals surface area contributed by atoms with Crippen LogP contribution >= 0.6 is 10.7 Å². The minimum absolute atomic E-state index is 0.110. The summed E-state index contributed by atoms with van der Waals surface area (Å²) in [7, 11) is 1.64. The van der Waals surface area contributed by atoms with Gasteiger partial charge in [-0.25, -0.2) is 8.42 Å². The highest BCUT2D eigenvalue weighted by molar-refractivity contribution is 8.13. The molecule has 76 valence electrons. The fraction of sp³-hybridized carbons (Fsp3) is 0.200. The topological polar surface area (TPSA) is 34.1 Å². The Bertz CT molecular complexity index is 395. The largest absolute Gasteiger partial charge is 0.236 e. The van der Waals surface area contributed by atoms with Crippen molar-refractivity contribution in [1.82, 2.24) is 0 Å². The summed E-state index contributed by atoms with van der Waals surface area (Å²) in [6.45, 7) is 0. The highest BCUT2D eigenvalue weighted by Crippen LogP contribution is 2.01. The van der Waals surface area contributed by atoms with Gasteiger partial charge in [-0.1, -0.05) is 42.5 Å². The molecule has 0 N–H and O–H groups in total. The van der Waals surface area contributed by atoms with E-state index >= 15 is 0 Å². The van der Waals surface area contributed by atoms with E-state index in [0.717, 1.165) is 12.0 Å². The van der Waals surface area contributed by atoms with Gasteiger partial charge >= 0.3 is 0 Å². The van der Waals surface area contributed by atoms with Gasteiger partial charge in [0.1, 0.15) is 0 Å². The molecule has 0 bridgehead atoms. The lowest BCUT2D eigenvalue weighted by Crippen LogP contribution is -1.92. The summed E-state index contributed by atoms with van der Waals surface area (Å²) in [4.78, 5) is 0. The zero-order chi connectivity index (χ0) is 10.4. The van der Waals surface area contributed by atoms with Crippen LogP contribution in [0, 0.1) is 0 Å². The monoisotopic (exact) mass is 230 g/mol. The molecule has 1 aromatic carbocycles. The third-order valence-corrected chi connectivity index (χ3v) is 2.63. The van der Waals surface area contributed by atoms with Gasteiger partial charge in [0.25, 0.3) is 0 Å². The molecule has 0 aliphatic heterocycles. The average molecular weight is 231 g/mol. The van der Waals surface area contributed by atoms with E-state index in [1.165, 1.54) is 0 Å². The zero-order valence-electron chi connectivity index (χ0n) is 7.56. The minimum atomic E-state index is -3.39. The first-order chi connectivity index (χ1) is 6.58. The summed E-state index contributed by atoms with van der Waals surface area (Å²) in [6.07, 6.45) is 4.10. The number of halogens is 1. The van der Waals surface area contributed by atoms with Crippen molar-refractivity contribution in [2.75, 3.05) is 5.75 Å². The van der Waals surface area contributed by atoms with E-state index in [0.29, 0.717) is 0 Å². The number of rotatable bonds is 4. The van der Waals surface area contributed by atoms with Gasteiger partial charge in [-0.05, 0) is 12.0 Å². The molecule has 0 radical (unpaired) electrons. The Morgan fingerprint density at radius 1 is 1.14 bits per heavy atom. The van der Waals surface area contributed by atoms with E-state index in [4.69, 9.17) is 10.7 Å². The van der Waals surface area contributed by atoms with Crippen molar-refractivity contribution in [3.63, 3.8) is 0 Å². The Labute approximate surface area is 88.6 Å². The summed E-state index contributed by atoms with van der Waals surface area (Å²) in [5.74, 6) is -0.110. The first kappa shape index (κ1) is 11.3. The maximum absolute atomic E-state index is 10.6. The maximum Gasteiger partial charge on any atom is 0.236 e. The third kappa shape index (κ3) is 5.04. The summed E-state index contributed by atoms with van der Waals surface area (Å²) >= 11 is 0. The van der Waals surface area contributed by atoms with Crippen LogP contribution in [0.5, 0.6) is 0 Å². The van der Waals surface area contributed by atoms with Crippen molar-refractivity contribution in [2.45, 2.75) is 6.42 Å². The van der Waals surface area contributed by atoms with Gasteiger partial charge in [0.05, 0.1) is 5.75 Å². The average Bonchev–Trinajstić information content (AvgIpc) is 2.13. The van der Waals surface area contributed by atoms with Gasteiger partial charge in [-0.3, -0.25) is 0 Å². The second-order valence-corrected chi connectivity index (χ2v) is 5.69. The van der Waals surface area contributed by atoms with Gasteiger partial charge in [0, 0.05) is 10.7 Å². The molecule has 0 spiro atoms. The van der Waals surface area contributed by atoms with Crippen molar-refractivity contribution in [3.8, 4) is 0 Å². The number of hydrogen-bond acceptors (Lipinski definition) is 2. The van der Waals surface area contributed by atoms with E-state index in [9.17, 15) is 8.42 Å². The van der Waals surface area contributed by atoms with Crippen LogP contribution < -0.4 is 0 Å². The van der Waals surface area contributed by atoms with Crippen LogP contribution in [0.25, 0.3) is 0 Å². The molecule has 0 saturated heterocycles. The Morgan fingerprint density at radius 3 is 2.36 bits per heavy atom. The van der Waals surface area contributed by atoms with E-state index in [1.807, 2.05) is 30.3 Å². The molecule has 0 unspecified atom stereocenters. The first-order valence-electron chi connectivity index (χ1n) is 4.19. The van der Waals surface area contributed by atoms with E-state index in [-0.39, 0.29) is 5.75 Å². The van der Waals surface area contributed by atoms with Gasteiger partial charge in [0.2, 0.25) is 9.05 Å². The standard InChI is InChI=1S/C10H11ClO2S/c11-14(12,13)9-5-4-8-10-6-2-1-3-7-10/h1-7H,8-9H2. The lowest BCUT2D eigenvalue weighted by molar-refractivity contribution is 0.612. The van der Waals surface area contributed by atoms with Crippen LogP contribution in [0.3, 0.4) is 0 Å². The Balaban J connectivity index is 2.42. The first-order valence-corrected chi connectivity index (χ1v) is 6.67. The molecule has 0 heterocycles. The number of allylic oxidation sites excluding steroid dienone is 1. The molecule has 1 rings (SSSR count). The molecule has 0 aromatic heterocycles. The lowest BCUT2D eigenvalue weighted by Gasteiger charge is -1.93. The van der Waals surface area contributed by atoms with Crippen LogP contribution in [0.1, 0.15) is 5.56 Å².